The van der Waals surface area contributed by atoms with E-state index in [-0.39, 0.29) is 5.69 Å². The number of para-hydroxylation sites is 1. The summed E-state index contributed by atoms with van der Waals surface area (Å²) in [5, 5.41) is 13.6. The highest BCUT2D eigenvalue weighted by Crippen LogP contribution is 2.34. The van der Waals surface area contributed by atoms with Gasteiger partial charge in [0.05, 0.1) is 17.4 Å². The molecule has 1 unspecified atom stereocenters. The fourth-order valence-corrected chi connectivity index (χ4v) is 2.61. The van der Waals surface area contributed by atoms with Gasteiger partial charge in [-0.1, -0.05) is 12.1 Å². The molecule has 0 spiro atoms. The van der Waals surface area contributed by atoms with Crippen molar-refractivity contribution in [1.29, 1.82) is 0 Å². The summed E-state index contributed by atoms with van der Waals surface area (Å²) in [6, 6.07) is 4.58. The second-order valence-corrected chi connectivity index (χ2v) is 5.77. The Morgan fingerprint density at radius 3 is 2.67 bits per heavy atom. The molecular formula is C16H15F3N4O4. The minimum atomic E-state index is -4.64. The molecule has 2 heterocycles. The molecule has 1 aliphatic rings. The van der Waals surface area contributed by atoms with Crippen LogP contribution in [-0.4, -0.2) is 39.4 Å². The van der Waals surface area contributed by atoms with Crippen LogP contribution in [0.1, 0.15) is 28.9 Å². The summed E-state index contributed by atoms with van der Waals surface area (Å²) in [7, 11) is 0. The summed E-state index contributed by atoms with van der Waals surface area (Å²) in [5.74, 6) is -2.19. The van der Waals surface area contributed by atoms with Crippen LogP contribution in [0.15, 0.2) is 30.5 Å². The van der Waals surface area contributed by atoms with Crippen LogP contribution in [0.4, 0.5) is 13.2 Å². The average Bonchev–Trinajstić information content (AvgIpc) is 3.28. The zero-order valence-corrected chi connectivity index (χ0v) is 13.8. The molecule has 1 aromatic carbocycles. The SMILES string of the molecule is O=C(NNC(=O)C1CCCO1)c1nn(-c2ccccc2C(F)(F)F)cc1O. The molecule has 2 aromatic rings. The second kappa shape index (κ2) is 7.27. The molecule has 27 heavy (non-hydrogen) atoms. The maximum atomic E-state index is 13.1. The van der Waals surface area contributed by atoms with Gasteiger partial charge < -0.3 is 9.84 Å². The molecule has 11 heteroatoms. The number of benzene rings is 1. The first kappa shape index (κ1) is 18.7. The number of rotatable bonds is 3. The number of hydrazine groups is 1. The van der Waals surface area contributed by atoms with Gasteiger partial charge in [0.25, 0.3) is 11.8 Å². The third-order valence-electron chi connectivity index (χ3n) is 3.89. The van der Waals surface area contributed by atoms with Gasteiger partial charge in [0, 0.05) is 6.61 Å². The number of ether oxygens (including phenoxy) is 1. The number of aromatic hydroxyl groups is 1. The number of halogens is 3. The van der Waals surface area contributed by atoms with E-state index in [0.29, 0.717) is 13.0 Å². The molecule has 1 saturated heterocycles. The molecule has 3 rings (SSSR count). The maximum Gasteiger partial charge on any atom is 0.418 e. The van der Waals surface area contributed by atoms with Crippen LogP contribution in [0.25, 0.3) is 5.69 Å². The van der Waals surface area contributed by atoms with Crippen LogP contribution >= 0.6 is 0 Å². The lowest BCUT2D eigenvalue weighted by Gasteiger charge is -2.12. The molecule has 144 valence electrons. The number of nitrogens with one attached hydrogen (secondary N) is 2. The average molecular weight is 384 g/mol. The molecule has 1 atom stereocenters. The Morgan fingerprint density at radius 2 is 2.00 bits per heavy atom. The molecule has 8 nitrogen and oxygen atoms in total. The molecule has 1 fully saturated rings. The van der Waals surface area contributed by atoms with Gasteiger partial charge in [0.1, 0.15) is 6.10 Å². The third-order valence-corrected chi connectivity index (χ3v) is 3.89. The lowest BCUT2D eigenvalue weighted by molar-refractivity contribution is -0.137. The van der Waals surface area contributed by atoms with E-state index in [9.17, 15) is 27.9 Å². The monoisotopic (exact) mass is 384 g/mol. The summed E-state index contributed by atoms with van der Waals surface area (Å²) in [6.45, 7) is 0.440. The zero-order chi connectivity index (χ0) is 19.6. The predicted molar refractivity (Wildman–Crippen MR) is 84.8 cm³/mol. The standard InChI is InChI=1S/C16H15F3N4O4/c17-16(18,19)9-4-1-2-5-10(9)23-8-11(24)13(22-23)15(26)21-20-14(25)12-6-3-7-27-12/h1-2,4-5,8,12,24H,3,6-7H2,(H,20,25)(H,21,26). The number of alkyl halides is 3. The highest BCUT2D eigenvalue weighted by molar-refractivity contribution is 5.96. The molecule has 1 aromatic heterocycles. The second-order valence-electron chi connectivity index (χ2n) is 5.77. The fourth-order valence-electron chi connectivity index (χ4n) is 2.61. The molecular weight excluding hydrogens is 369 g/mol. The van der Waals surface area contributed by atoms with Crippen molar-refractivity contribution < 1.29 is 32.6 Å². The van der Waals surface area contributed by atoms with Crippen LogP contribution in [0, 0.1) is 0 Å². The Kier molecular flexibility index (Phi) is 5.04. The van der Waals surface area contributed by atoms with Gasteiger partial charge in [0.15, 0.2) is 11.4 Å². The zero-order valence-electron chi connectivity index (χ0n) is 13.8. The Morgan fingerprint density at radius 1 is 1.26 bits per heavy atom. The van der Waals surface area contributed by atoms with E-state index in [2.05, 4.69) is 10.5 Å². The number of hydrogen-bond acceptors (Lipinski definition) is 5. The van der Waals surface area contributed by atoms with E-state index < -0.39 is 41.1 Å². The van der Waals surface area contributed by atoms with Gasteiger partial charge in [-0.05, 0) is 25.0 Å². The predicted octanol–water partition coefficient (Wildman–Crippen LogP) is 1.54. The van der Waals surface area contributed by atoms with Crippen molar-refractivity contribution in [2.45, 2.75) is 25.1 Å². The molecule has 2 amide bonds. The number of amides is 2. The van der Waals surface area contributed by atoms with Gasteiger partial charge in [-0.25, -0.2) is 4.68 Å². The molecule has 3 N–H and O–H groups in total. The van der Waals surface area contributed by atoms with Crippen molar-refractivity contribution in [1.82, 2.24) is 20.6 Å². The molecule has 0 radical (unpaired) electrons. The van der Waals surface area contributed by atoms with Crippen LogP contribution < -0.4 is 10.9 Å². The number of carbonyl (C=O) groups is 2. The maximum absolute atomic E-state index is 13.1. The summed E-state index contributed by atoms with van der Waals surface area (Å²) < 4.78 is 45.2. The van der Waals surface area contributed by atoms with Crippen LogP contribution in [0.5, 0.6) is 5.75 Å². The van der Waals surface area contributed by atoms with Crippen LogP contribution in [0.2, 0.25) is 0 Å². The van der Waals surface area contributed by atoms with Gasteiger partial charge in [-0.2, -0.15) is 18.3 Å². The van der Waals surface area contributed by atoms with E-state index >= 15 is 0 Å². The molecule has 1 aliphatic heterocycles. The Labute approximate surface area is 150 Å². The topological polar surface area (TPSA) is 105 Å². The summed E-state index contributed by atoms with van der Waals surface area (Å²) in [4.78, 5) is 23.9. The first-order valence-electron chi connectivity index (χ1n) is 7.94. The summed E-state index contributed by atoms with van der Waals surface area (Å²) in [5.41, 5.74) is 2.30. The largest absolute Gasteiger partial charge is 0.504 e. The van der Waals surface area contributed by atoms with E-state index in [4.69, 9.17) is 4.74 Å². The molecule has 0 bridgehead atoms. The molecule has 0 saturated carbocycles. The van der Waals surface area contributed by atoms with Crippen LogP contribution in [0.3, 0.4) is 0 Å². The number of carbonyl (C=O) groups excluding carboxylic acids is 2. The number of hydrogen-bond donors (Lipinski definition) is 3. The van der Waals surface area contributed by atoms with Crippen molar-refractivity contribution >= 4 is 11.8 Å². The highest BCUT2D eigenvalue weighted by Gasteiger charge is 2.34. The molecule has 0 aliphatic carbocycles. The smallest absolute Gasteiger partial charge is 0.418 e. The van der Waals surface area contributed by atoms with E-state index in [1.165, 1.54) is 12.1 Å². The van der Waals surface area contributed by atoms with E-state index in [1.807, 2.05) is 5.43 Å². The quantitative estimate of drug-likeness (QED) is 0.696. The van der Waals surface area contributed by atoms with E-state index in [1.54, 1.807) is 0 Å². The van der Waals surface area contributed by atoms with Crippen molar-refractivity contribution in [3.8, 4) is 11.4 Å². The lowest BCUT2D eigenvalue weighted by Crippen LogP contribution is -2.46. The number of nitrogens with zero attached hydrogens (tertiary/aromatic N) is 2. The van der Waals surface area contributed by atoms with Crippen molar-refractivity contribution in [2.75, 3.05) is 6.61 Å². The Bertz CT molecular complexity index is 860. The minimum absolute atomic E-state index is 0.359. The summed E-state index contributed by atoms with van der Waals surface area (Å²) >= 11 is 0. The van der Waals surface area contributed by atoms with Gasteiger partial charge in [-0.3, -0.25) is 20.4 Å². The van der Waals surface area contributed by atoms with E-state index in [0.717, 1.165) is 29.4 Å². The Hall–Kier alpha value is -3.08. The minimum Gasteiger partial charge on any atom is -0.504 e. The van der Waals surface area contributed by atoms with Crippen molar-refractivity contribution in [2.24, 2.45) is 0 Å². The Balaban J connectivity index is 1.77. The normalized spacial score (nSPS) is 16.9. The fraction of sp³-hybridized carbons (Fsp3) is 0.312. The van der Waals surface area contributed by atoms with Gasteiger partial charge in [0.2, 0.25) is 0 Å². The first-order valence-corrected chi connectivity index (χ1v) is 7.94. The summed E-state index contributed by atoms with van der Waals surface area (Å²) in [6.07, 6.45) is -3.22. The van der Waals surface area contributed by atoms with Crippen molar-refractivity contribution in [3.05, 3.63) is 41.7 Å². The van der Waals surface area contributed by atoms with Gasteiger partial charge >= 0.3 is 6.18 Å². The lowest BCUT2D eigenvalue weighted by atomic mass is 10.2. The van der Waals surface area contributed by atoms with Crippen LogP contribution in [-0.2, 0) is 15.7 Å². The number of aromatic nitrogens is 2. The van der Waals surface area contributed by atoms with Gasteiger partial charge in [-0.15, -0.1) is 0 Å². The first-order chi connectivity index (χ1) is 12.8. The van der Waals surface area contributed by atoms with Crippen molar-refractivity contribution in [3.63, 3.8) is 0 Å². The third kappa shape index (κ3) is 4.03. The highest BCUT2D eigenvalue weighted by atomic mass is 19.4.